The lowest BCUT2D eigenvalue weighted by Gasteiger charge is -2.01. The van der Waals surface area contributed by atoms with Gasteiger partial charge in [0.2, 0.25) is 5.91 Å². The lowest BCUT2D eigenvalue weighted by molar-refractivity contribution is -0.119. The summed E-state index contributed by atoms with van der Waals surface area (Å²) in [5.41, 5.74) is 5.00. The second-order valence-corrected chi connectivity index (χ2v) is 2.37. The third-order valence-corrected chi connectivity index (χ3v) is 1.40. The van der Waals surface area contributed by atoms with Gasteiger partial charge in [0, 0.05) is 6.61 Å². The number of primary amides is 1. The van der Waals surface area contributed by atoms with Gasteiger partial charge in [0.25, 0.3) is 0 Å². The fraction of sp³-hybridized carbons (Fsp3) is 0.857. The number of amides is 1. The first-order chi connectivity index (χ1) is 5.22. The van der Waals surface area contributed by atoms with Crippen molar-refractivity contribution in [2.45, 2.75) is 25.8 Å². The van der Waals surface area contributed by atoms with Crippen molar-refractivity contribution < 1.29 is 9.90 Å². The van der Waals surface area contributed by atoms with E-state index in [9.17, 15) is 4.79 Å². The van der Waals surface area contributed by atoms with Crippen molar-refractivity contribution in [3.63, 3.8) is 0 Å². The largest absolute Gasteiger partial charge is 0.397 e. The number of nitrogens with one attached hydrogen (secondary N) is 1. The summed E-state index contributed by atoms with van der Waals surface area (Å²) in [6.07, 6.45) is 1.99. The van der Waals surface area contributed by atoms with Crippen molar-refractivity contribution in [3.05, 3.63) is 0 Å². The molecule has 0 radical (unpaired) electrons. The summed E-state index contributed by atoms with van der Waals surface area (Å²) in [4.78, 5) is 10.4. The van der Waals surface area contributed by atoms with Crippen LogP contribution in [-0.2, 0) is 4.79 Å². The molecular formula is C7H16N2O2. The van der Waals surface area contributed by atoms with Gasteiger partial charge in [0.15, 0.2) is 0 Å². The lowest BCUT2D eigenvalue weighted by Crippen LogP contribution is -2.36. The third-order valence-electron chi connectivity index (χ3n) is 1.40. The van der Waals surface area contributed by atoms with E-state index in [0.29, 0.717) is 0 Å². The minimum Gasteiger partial charge on any atom is -0.397 e. The van der Waals surface area contributed by atoms with Crippen molar-refractivity contribution in [3.8, 4) is 0 Å². The molecule has 1 aliphatic rings. The fourth-order valence-electron chi connectivity index (χ4n) is 0.927. The highest BCUT2D eigenvalue weighted by Gasteiger charge is 2.18. The normalized spacial score (nSPS) is 22.2. The molecule has 1 fully saturated rings. The summed E-state index contributed by atoms with van der Waals surface area (Å²) >= 11 is 0. The first-order valence-corrected chi connectivity index (χ1v) is 3.86. The lowest BCUT2D eigenvalue weighted by atomic mass is 10.2. The number of aliphatic hydroxyl groups excluding tert-OH is 1. The zero-order chi connectivity index (χ0) is 8.69. The van der Waals surface area contributed by atoms with E-state index in [4.69, 9.17) is 10.8 Å². The number of carbonyl (C=O) groups is 1. The van der Waals surface area contributed by atoms with E-state index in [1.54, 1.807) is 6.92 Å². The Morgan fingerprint density at radius 3 is 2.55 bits per heavy atom. The van der Waals surface area contributed by atoms with Crippen molar-refractivity contribution in [2.75, 3.05) is 13.2 Å². The van der Waals surface area contributed by atoms with E-state index >= 15 is 0 Å². The minimum absolute atomic E-state index is 0.0463. The molecule has 1 atom stereocenters. The van der Waals surface area contributed by atoms with Gasteiger partial charge in [-0.2, -0.15) is 0 Å². The molecule has 0 spiro atoms. The van der Waals surface area contributed by atoms with Crippen LogP contribution in [0.2, 0.25) is 0 Å². The molecule has 1 rings (SSSR count). The van der Waals surface area contributed by atoms with Crippen LogP contribution in [0.3, 0.4) is 0 Å². The highest BCUT2D eigenvalue weighted by molar-refractivity contribution is 5.80. The molecule has 11 heavy (non-hydrogen) atoms. The average molecular weight is 160 g/mol. The third kappa shape index (κ3) is 4.75. The SMILES string of the molecule is CCO.NC(=O)C1CCCN1. The van der Waals surface area contributed by atoms with Gasteiger partial charge in [-0.15, -0.1) is 0 Å². The van der Waals surface area contributed by atoms with E-state index in [1.165, 1.54) is 0 Å². The molecule has 0 aromatic carbocycles. The van der Waals surface area contributed by atoms with Crippen LogP contribution in [0, 0.1) is 0 Å². The van der Waals surface area contributed by atoms with E-state index in [-0.39, 0.29) is 18.6 Å². The quantitative estimate of drug-likeness (QED) is 0.471. The second kappa shape index (κ2) is 6.12. The Balaban J connectivity index is 0.000000292. The predicted octanol–water partition coefficient (Wildman–Crippen LogP) is -0.778. The van der Waals surface area contributed by atoms with Gasteiger partial charge in [0.05, 0.1) is 6.04 Å². The molecule has 1 heterocycles. The Hall–Kier alpha value is -0.610. The van der Waals surface area contributed by atoms with Gasteiger partial charge in [-0.25, -0.2) is 0 Å². The molecule has 0 aromatic rings. The summed E-state index contributed by atoms with van der Waals surface area (Å²) in [5.74, 6) is -0.220. The highest BCUT2D eigenvalue weighted by Crippen LogP contribution is 2.02. The zero-order valence-electron chi connectivity index (χ0n) is 6.84. The molecule has 4 N–H and O–H groups in total. The Labute approximate surface area is 66.8 Å². The van der Waals surface area contributed by atoms with Crippen LogP contribution >= 0.6 is 0 Å². The average Bonchev–Trinajstić information content (AvgIpc) is 2.38. The molecule has 1 saturated heterocycles. The van der Waals surface area contributed by atoms with E-state index < -0.39 is 0 Å². The van der Waals surface area contributed by atoms with Crippen molar-refractivity contribution in [1.29, 1.82) is 0 Å². The molecule has 66 valence electrons. The molecule has 0 bridgehead atoms. The van der Waals surface area contributed by atoms with Gasteiger partial charge in [0.1, 0.15) is 0 Å². The Morgan fingerprint density at radius 1 is 1.82 bits per heavy atom. The first-order valence-electron chi connectivity index (χ1n) is 3.86. The maximum absolute atomic E-state index is 10.4. The molecule has 1 aliphatic heterocycles. The Bertz CT molecular complexity index is 111. The first kappa shape index (κ1) is 10.4. The molecule has 0 aliphatic carbocycles. The van der Waals surface area contributed by atoms with E-state index in [1.807, 2.05) is 0 Å². The van der Waals surface area contributed by atoms with Crippen LogP contribution in [0.5, 0.6) is 0 Å². The summed E-state index contributed by atoms with van der Waals surface area (Å²) in [6, 6.07) is -0.0463. The van der Waals surface area contributed by atoms with Gasteiger partial charge in [-0.3, -0.25) is 4.79 Å². The molecule has 1 unspecified atom stereocenters. The number of hydrogen-bond acceptors (Lipinski definition) is 3. The number of aliphatic hydroxyl groups is 1. The Kier molecular flexibility index (Phi) is 5.78. The molecule has 4 heteroatoms. The van der Waals surface area contributed by atoms with Crippen molar-refractivity contribution in [1.82, 2.24) is 5.32 Å². The molecule has 1 amide bonds. The summed E-state index contributed by atoms with van der Waals surface area (Å²) < 4.78 is 0. The Morgan fingerprint density at radius 2 is 2.36 bits per heavy atom. The van der Waals surface area contributed by atoms with Gasteiger partial charge < -0.3 is 16.2 Å². The fourth-order valence-corrected chi connectivity index (χ4v) is 0.927. The van der Waals surface area contributed by atoms with Crippen molar-refractivity contribution in [2.24, 2.45) is 5.73 Å². The molecular weight excluding hydrogens is 144 g/mol. The van der Waals surface area contributed by atoms with Crippen LogP contribution in [-0.4, -0.2) is 30.2 Å². The topological polar surface area (TPSA) is 75.3 Å². The van der Waals surface area contributed by atoms with Crippen LogP contribution < -0.4 is 11.1 Å². The number of nitrogens with two attached hydrogens (primary N) is 1. The summed E-state index contributed by atoms with van der Waals surface area (Å²) in [6.45, 7) is 2.87. The summed E-state index contributed by atoms with van der Waals surface area (Å²) in [7, 11) is 0. The van der Waals surface area contributed by atoms with E-state index in [2.05, 4.69) is 5.32 Å². The van der Waals surface area contributed by atoms with Crippen LogP contribution in [0.1, 0.15) is 19.8 Å². The molecule has 0 saturated carbocycles. The smallest absolute Gasteiger partial charge is 0.234 e. The predicted molar refractivity (Wildman–Crippen MR) is 43.0 cm³/mol. The number of rotatable bonds is 1. The maximum atomic E-state index is 10.4. The molecule has 0 aromatic heterocycles. The monoisotopic (exact) mass is 160 g/mol. The highest BCUT2D eigenvalue weighted by atomic mass is 16.2. The van der Waals surface area contributed by atoms with E-state index in [0.717, 1.165) is 19.4 Å². The van der Waals surface area contributed by atoms with Gasteiger partial charge >= 0.3 is 0 Å². The summed E-state index contributed by atoms with van der Waals surface area (Å²) in [5, 5.41) is 10.6. The molecule has 4 nitrogen and oxygen atoms in total. The van der Waals surface area contributed by atoms with Crippen LogP contribution in [0.15, 0.2) is 0 Å². The number of carbonyl (C=O) groups excluding carboxylic acids is 1. The maximum Gasteiger partial charge on any atom is 0.234 e. The van der Waals surface area contributed by atoms with Gasteiger partial charge in [-0.05, 0) is 26.3 Å². The van der Waals surface area contributed by atoms with Crippen LogP contribution in [0.25, 0.3) is 0 Å². The van der Waals surface area contributed by atoms with Crippen LogP contribution in [0.4, 0.5) is 0 Å². The zero-order valence-corrected chi connectivity index (χ0v) is 6.84. The number of hydrogen-bond donors (Lipinski definition) is 3. The van der Waals surface area contributed by atoms with Crippen molar-refractivity contribution >= 4 is 5.91 Å². The minimum atomic E-state index is -0.220. The van der Waals surface area contributed by atoms with Gasteiger partial charge in [-0.1, -0.05) is 0 Å². The standard InChI is InChI=1S/C5H10N2O.C2H6O/c6-5(8)4-2-1-3-7-4;1-2-3/h4,7H,1-3H2,(H2,6,8);3H,2H2,1H3. The second-order valence-electron chi connectivity index (χ2n) is 2.37.